The fraction of sp³-hybridized carbons (Fsp3) is 0.250. The quantitative estimate of drug-likeness (QED) is 0.469. The monoisotopic (exact) mass is 250 g/mol. The summed E-state index contributed by atoms with van der Waals surface area (Å²) in [6.45, 7) is 1.22. The van der Waals surface area contributed by atoms with Crippen LogP contribution < -0.4 is 0 Å². The minimum atomic E-state index is -3.05. The van der Waals surface area contributed by atoms with Gasteiger partial charge in [-0.15, -0.1) is 0 Å². The molecule has 0 saturated carbocycles. The maximum absolute atomic E-state index is 12.6. The van der Waals surface area contributed by atoms with Gasteiger partial charge in [0.2, 0.25) is 0 Å². The molecule has 0 radical (unpaired) electrons. The van der Waals surface area contributed by atoms with E-state index in [0.29, 0.717) is 0 Å². The number of hydrogen-bond acceptors (Lipinski definition) is 4. The number of rotatable bonds is 3. The Balaban J connectivity index is 3.63. The van der Waals surface area contributed by atoms with Crippen molar-refractivity contribution in [3.05, 3.63) is 33.1 Å². The van der Waals surface area contributed by atoms with Gasteiger partial charge in [-0.05, 0) is 18.5 Å². The molecular weight excluding hydrogens is 246 g/mol. The number of aryl methyl sites for hydroxylation is 1. The fourth-order valence-corrected chi connectivity index (χ4v) is 1.42. The van der Waals surface area contributed by atoms with E-state index < -0.39 is 33.4 Å². The Hall–Kier alpha value is -1.63. The van der Waals surface area contributed by atoms with Crippen LogP contribution in [0.1, 0.15) is 28.0 Å². The molecule has 0 N–H and O–H groups in total. The average Bonchev–Trinajstić information content (AvgIpc) is 2.15. The molecule has 1 rings (SSSR count). The first-order valence-corrected chi connectivity index (χ1v) is 4.36. The van der Waals surface area contributed by atoms with Crippen LogP contribution in [0, 0.1) is 17.0 Å². The minimum absolute atomic E-state index is 0.162. The summed E-state index contributed by atoms with van der Waals surface area (Å²) in [6.07, 6.45) is -2.32. The molecule has 0 amide bonds. The molecule has 0 aliphatic carbocycles. The van der Waals surface area contributed by atoms with Gasteiger partial charge in [-0.2, -0.15) is 0 Å². The average molecular weight is 251 g/mol. The van der Waals surface area contributed by atoms with E-state index in [1.54, 1.807) is 0 Å². The Morgan fingerprint density at radius 1 is 1.62 bits per heavy atom. The maximum Gasteiger partial charge on any atom is 0.300 e. The van der Waals surface area contributed by atoms with Gasteiger partial charge in [0.05, 0.1) is 10.5 Å². The first-order chi connectivity index (χ1) is 7.36. The molecular formula is C8H5ClF2N2O3. The topological polar surface area (TPSA) is 73.1 Å². The predicted molar refractivity (Wildman–Crippen MR) is 50.8 cm³/mol. The number of carbonyl (C=O) groups is 1. The van der Waals surface area contributed by atoms with Crippen molar-refractivity contribution in [2.75, 3.05) is 0 Å². The number of carbonyl (C=O) groups excluding carboxylic acids is 1. The molecule has 0 aromatic carbocycles. The summed E-state index contributed by atoms with van der Waals surface area (Å²) in [5.41, 5.74) is -2.58. The Labute approximate surface area is 93.2 Å². The smallest absolute Gasteiger partial charge is 0.275 e. The SMILES string of the molecule is Cc1ncc([N+](=O)[O-])c(C(=O)Cl)c1C(F)F. The number of pyridine rings is 1. The van der Waals surface area contributed by atoms with Gasteiger partial charge in [-0.3, -0.25) is 19.9 Å². The third-order valence-corrected chi connectivity index (χ3v) is 2.10. The van der Waals surface area contributed by atoms with Crippen molar-refractivity contribution >= 4 is 22.5 Å². The lowest BCUT2D eigenvalue weighted by Gasteiger charge is -2.07. The van der Waals surface area contributed by atoms with Gasteiger partial charge >= 0.3 is 0 Å². The summed E-state index contributed by atoms with van der Waals surface area (Å²) in [5, 5.41) is 9.22. The van der Waals surface area contributed by atoms with Crippen molar-refractivity contribution < 1.29 is 18.5 Å². The van der Waals surface area contributed by atoms with E-state index in [1.165, 1.54) is 6.92 Å². The van der Waals surface area contributed by atoms with Gasteiger partial charge in [0.25, 0.3) is 17.4 Å². The standard InChI is InChI=1S/C8H5ClF2N2O3/c1-3-5(8(10)11)6(7(9)14)4(2-12-3)13(15)16/h2,8H,1H3. The molecule has 1 heterocycles. The first kappa shape index (κ1) is 12.4. The summed E-state index contributed by atoms with van der Waals surface area (Å²) in [5.74, 6) is 0. The van der Waals surface area contributed by atoms with Crippen molar-refractivity contribution in [2.24, 2.45) is 0 Å². The second-order valence-electron chi connectivity index (χ2n) is 2.85. The molecule has 0 bridgehead atoms. The highest BCUT2D eigenvalue weighted by molar-refractivity contribution is 6.68. The second-order valence-corrected chi connectivity index (χ2v) is 3.19. The van der Waals surface area contributed by atoms with E-state index in [4.69, 9.17) is 11.6 Å². The lowest BCUT2D eigenvalue weighted by molar-refractivity contribution is -0.385. The van der Waals surface area contributed by atoms with Gasteiger partial charge in [-0.25, -0.2) is 8.78 Å². The summed E-state index contributed by atoms with van der Waals surface area (Å²) in [4.78, 5) is 23.9. The van der Waals surface area contributed by atoms with Crippen molar-refractivity contribution in [1.82, 2.24) is 4.98 Å². The summed E-state index contributed by atoms with van der Waals surface area (Å²) in [6, 6.07) is 0. The normalized spacial score (nSPS) is 10.6. The van der Waals surface area contributed by atoms with Crippen LogP contribution in [-0.4, -0.2) is 15.1 Å². The Kier molecular flexibility index (Phi) is 3.48. The van der Waals surface area contributed by atoms with Gasteiger partial charge in [0, 0.05) is 5.69 Å². The van der Waals surface area contributed by atoms with Crippen LogP contribution in [0.3, 0.4) is 0 Å². The lowest BCUT2D eigenvalue weighted by Crippen LogP contribution is -2.07. The maximum atomic E-state index is 12.6. The van der Waals surface area contributed by atoms with Crippen LogP contribution in [0.15, 0.2) is 6.20 Å². The molecule has 16 heavy (non-hydrogen) atoms. The van der Waals surface area contributed by atoms with E-state index in [9.17, 15) is 23.7 Å². The highest BCUT2D eigenvalue weighted by Gasteiger charge is 2.29. The molecule has 1 aromatic rings. The largest absolute Gasteiger partial charge is 0.300 e. The molecule has 0 saturated heterocycles. The first-order valence-electron chi connectivity index (χ1n) is 3.98. The molecule has 0 spiro atoms. The number of nitrogens with zero attached hydrogens (tertiary/aromatic N) is 2. The summed E-state index contributed by atoms with van der Waals surface area (Å²) < 4.78 is 25.2. The molecule has 5 nitrogen and oxygen atoms in total. The molecule has 1 aromatic heterocycles. The van der Waals surface area contributed by atoms with Crippen molar-refractivity contribution in [3.63, 3.8) is 0 Å². The van der Waals surface area contributed by atoms with Crippen molar-refractivity contribution in [2.45, 2.75) is 13.3 Å². The Bertz CT molecular complexity index is 465. The highest BCUT2D eigenvalue weighted by Crippen LogP contribution is 2.32. The summed E-state index contributed by atoms with van der Waals surface area (Å²) >= 11 is 5.07. The molecule has 0 atom stereocenters. The van der Waals surface area contributed by atoms with Crippen LogP contribution >= 0.6 is 11.6 Å². The molecule has 0 fully saturated rings. The van der Waals surface area contributed by atoms with Crippen LogP contribution in [0.4, 0.5) is 14.5 Å². The van der Waals surface area contributed by atoms with E-state index in [-0.39, 0.29) is 5.69 Å². The van der Waals surface area contributed by atoms with E-state index >= 15 is 0 Å². The van der Waals surface area contributed by atoms with Gasteiger partial charge in [0.15, 0.2) is 0 Å². The Morgan fingerprint density at radius 3 is 2.56 bits per heavy atom. The molecule has 0 unspecified atom stereocenters. The summed E-state index contributed by atoms with van der Waals surface area (Å²) in [7, 11) is 0. The van der Waals surface area contributed by atoms with Crippen molar-refractivity contribution in [3.8, 4) is 0 Å². The van der Waals surface area contributed by atoms with Gasteiger partial charge in [-0.1, -0.05) is 0 Å². The van der Waals surface area contributed by atoms with Crippen LogP contribution in [0.2, 0.25) is 0 Å². The number of aromatic nitrogens is 1. The van der Waals surface area contributed by atoms with E-state index in [0.717, 1.165) is 6.20 Å². The molecule has 0 aliphatic rings. The molecule has 86 valence electrons. The fourth-order valence-electron chi connectivity index (χ4n) is 1.22. The molecule has 8 heteroatoms. The van der Waals surface area contributed by atoms with E-state index in [2.05, 4.69) is 4.98 Å². The number of halogens is 3. The number of alkyl halides is 2. The molecule has 0 aliphatic heterocycles. The number of hydrogen-bond donors (Lipinski definition) is 0. The minimum Gasteiger partial charge on any atom is -0.275 e. The second kappa shape index (κ2) is 4.48. The number of nitro groups is 1. The zero-order valence-corrected chi connectivity index (χ0v) is 8.66. The Morgan fingerprint density at radius 2 is 2.19 bits per heavy atom. The zero-order valence-electron chi connectivity index (χ0n) is 7.91. The lowest BCUT2D eigenvalue weighted by atomic mass is 10.1. The highest BCUT2D eigenvalue weighted by atomic mass is 35.5. The third-order valence-electron chi connectivity index (χ3n) is 1.91. The van der Waals surface area contributed by atoms with Crippen LogP contribution in [-0.2, 0) is 0 Å². The van der Waals surface area contributed by atoms with Crippen LogP contribution in [0.25, 0.3) is 0 Å². The van der Waals surface area contributed by atoms with Gasteiger partial charge in [0.1, 0.15) is 11.8 Å². The van der Waals surface area contributed by atoms with Crippen LogP contribution in [0.5, 0.6) is 0 Å². The zero-order chi connectivity index (χ0) is 12.5. The van der Waals surface area contributed by atoms with Gasteiger partial charge < -0.3 is 0 Å². The third kappa shape index (κ3) is 2.13. The van der Waals surface area contributed by atoms with E-state index in [1.807, 2.05) is 0 Å². The predicted octanol–water partition coefficient (Wildman–Crippen LogP) is 2.61. The van der Waals surface area contributed by atoms with Crippen molar-refractivity contribution in [1.29, 1.82) is 0 Å².